The van der Waals surface area contributed by atoms with Gasteiger partial charge in [-0.1, -0.05) is 12.8 Å². The van der Waals surface area contributed by atoms with Crippen molar-refractivity contribution in [3.05, 3.63) is 41.0 Å². The minimum Gasteiger partial charge on any atom is -0.476 e. The van der Waals surface area contributed by atoms with Gasteiger partial charge in [0.25, 0.3) is 0 Å². The van der Waals surface area contributed by atoms with Gasteiger partial charge in [-0.25, -0.2) is 14.2 Å². The molecule has 0 spiro atoms. The second kappa shape index (κ2) is 6.16. The quantitative estimate of drug-likeness (QED) is 0.802. The van der Waals surface area contributed by atoms with Crippen LogP contribution in [-0.4, -0.2) is 20.6 Å². The Bertz CT molecular complexity index is 823. The van der Waals surface area contributed by atoms with Gasteiger partial charge in [0.05, 0.1) is 5.56 Å². The summed E-state index contributed by atoms with van der Waals surface area (Å²) in [5.74, 6) is -1.73. The average Bonchev–Trinajstić information content (AvgIpc) is 3.27. The van der Waals surface area contributed by atoms with Gasteiger partial charge in [-0.3, -0.25) is 0 Å². The van der Waals surface area contributed by atoms with E-state index in [-0.39, 0.29) is 17.1 Å². The van der Waals surface area contributed by atoms with Crippen molar-refractivity contribution in [3.8, 4) is 11.4 Å². The molecule has 25 heavy (non-hydrogen) atoms. The summed E-state index contributed by atoms with van der Waals surface area (Å²) < 4.78 is 54.1. The van der Waals surface area contributed by atoms with Crippen molar-refractivity contribution < 1.29 is 27.5 Å². The molecule has 134 valence electrons. The number of imidazole rings is 1. The van der Waals surface area contributed by atoms with Crippen LogP contribution >= 0.6 is 0 Å². The van der Waals surface area contributed by atoms with Gasteiger partial charge in [0.2, 0.25) is 0 Å². The molecule has 1 heterocycles. The third kappa shape index (κ3) is 3.67. The molecule has 1 saturated carbocycles. The minimum atomic E-state index is -4.70. The molecule has 4 nitrogen and oxygen atoms in total. The van der Waals surface area contributed by atoms with E-state index in [0.29, 0.717) is 24.2 Å². The molecule has 1 aromatic heterocycles. The molecule has 1 aliphatic rings. The summed E-state index contributed by atoms with van der Waals surface area (Å²) in [6, 6.07) is 2.15. The number of hydrogen-bond donors (Lipinski definition) is 1. The number of rotatable bonds is 5. The Labute approximate surface area is 141 Å². The first-order valence-electron chi connectivity index (χ1n) is 7.85. The first kappa shape index (κ1) is 17.4. The van der Waals surface area contributed by atoms with Gasteiger partial charge < -0.3 is 9.67 Å². The Morgan fingerprint density at radius 3 is 2.56 bits per heavy atom. The van der Waals surface area contributed by atoms with Gasteiger partial charge in [0, 0.05) is 17.8 Å². The molecule has 2 aromatic rings. The van der Waals surface area contributed by atoms with E-state index in [1.807, 2.05) is 0 Å². The summed E-state index contributed by atoms with van der Waals surface area (Å²) in [6.45, 7) is 1.99. The first-order chi connectivity index (χ1) is 11.7. The zero-order chi connectivity index (χ0) is 18.4. The van der Waals surface area contributed by atoms with Gasteiger partial charge in [-0.15, -0.1) is 0 Å². The molecule has 0 unspecified atom stereocenters. The molecule has 0 radical (unpaired) electrons. The lowest BCUT2D eigenvalue weighted by molar-refractivity contribution is -0.137. The number of alkyl halides is 3. The van der Waals surface area contributed by atoms with E-state index < -0.39 is 23.5 Å². The summed E-state index contributed by atoms with van der Waals surface area (Å²) in [4.78, 5) is 15.3. The standard InChI is InChI=1S/C17H16F4N2O2/c1-9-14(16(24)25)22-15(23(9)5-4-10-2-3-10)11-6-12(17(19,20)21)8-13(18)7-11/h6-8,10H,2-5H2,1H3,(H,24,25). The van der Waals surface area contributed by atoms with Crippen molar-refractivity contribution in [2.24, 2.45) is 5.92 Å². The molecular weight excluding hydrogens is 340 g/mol. The molecular formula is C17H16F4N2O2. The Kier molecular flexibility index (Phi) is 4.30. The van der Waals surface area contributed by atoms with E-state index in [0.717, 1.165) is 31.4 Å². The van der Waals surface area contributed by atoms with Gasteiger partial charge in [-0.2, -0.15) is 13.2 Å². The Morgan fingerprint density at radius 1 is 1.32 bits per heavy atom. The van der Waals surface area contributed by atoms with Crippen molar-refractivity contribution in [2.75, 3.05) is 0 Å². The molecule has 1 N–H and O–H groups in total. The second-order valence-corrected chi connectivity index (χ2v) is 6.28. The van der Waals surface area contributed by atoms with Crippen LogP contribution in [0.1, 0.15) is 41.0 Å². The fourth-order valence-corrected chi connectivity index (χ4v) is 2.83. The predicted molar refractivity (Wildman–Crippen MR) is 81.7 cm³/mol. The second-order valence-electron chi connectivity index (χ2n) is 6.28. The monoisotopic (exact) mass is 356 g/mol. The molecule has 0 saturated heterocycles. The van der Waals surface area contributed by atoms with E-state index in [9.17, 15) is 27.5 Å². The van der Waals surface area contributed by atoms with E-state index in [1.165, 1.54) is 0 Å². The molecule has 0 atom stereocenters. The van der Waals surface area contributed by atoms with E-state index >= 15 is 0 Å². The zero-order valence-electron chi connectivity index (χ0n) is 13.4. The minimum absolute atomic E-state index is 0.0422. The van der Waals surface area contributed by atoms with Crippen molar-refractivity contribution >= 4 is 5.97 Å². The fourth-order valence-electron chi connectivity index (χ4n) is 2.83. The lowest BCUT2D eigenvalue weighted by atomic mass is 10.1. The van der Waals surface area contributed by atoms with Crippen LogP contribution in [0, 0.1) is 18.7 Å². The average molecular weight is 356 g/mol. The van der Waals surface area contributed by atoms with Gasteiger partial charge in [-0.05, 0) is 37.5 Å². The third-order valence-corrected chi connectivity index (χ3v) is 4.36. The smallest absolute Gasteiger partial charge is 0.416 e. The number of carbonyl (C=O) groups is 1. The maximum atomic E-state index is 13.7. The van der Waals surface area contributed by atoms with Crippen LogP contribution < -0.4 is 0 Å². The van der Waals surface area contributed by atoms with Crippen LogP contribution in [0.3, 0.4) is 0 Å². The van der Waals surface area contributed by atoms with Crippen LogP contribution in [0.25, 0.3) is 11.4 Å². The van der Waals surface area contributed by atoms with Crippen LogP contribution in [0.2, 0.25) is 0 Å². The number of hydrogen-bond acceptors (Lipinski definition) is 2. The number of aromatic nitrogens is 2. The third-order valence-electron chi connectivity index (χ3n) is 4.36. The number of halogens is 4. The highest BCUT2D eigenvalue weighted by atomic mass is 19.4. The number of aromatic carboxylic acids is 1. The molecule has 0 aliphatic heterocycles. The van der Waals surface area contributed by atoms with Gasteiger partial charge >= 0.3 is 12.1 Å². The topological polar surface area (TPSA) is 55.1 Å². The van der Waals surface area contributed by atoms with E-state index in [1.54, 1.807) is 11.5 Å². The fraction of sp³-hybridized carbons (Fsp3) is 0.412. The van der Waals surface area contributed by atoms with E-state index in [2.05, 4.69) is 4.98 Å². The molecule has 1 fully saturated rings. The first-order valence-corrected chi connectivity index (χ1v) is 7.85. The Balaban J connectivity index is 2.10. The van der Waals surface area contributed by atoms with Crippen molar-refractivity contribution in [1.29, 1.82) is 0 Å². The summed E-state index contributed by atoms with van der Waals surface area (Å²) in [5.41, 5.74) is -1.10. The maximum Gasteiger partial charge on any atom is 0.416 e. The summed E-state index contributed by atoms with van der Waals surface area (Å²) in [7, 11) is 0. The van der Waals surface area contributed by atoms with E-state index in [4.69, 9.17) is 0 Å². The molecule has 1 aliphatic carbocycles. The summed E-state index contributed by atoms with van der Waals surface area (Å²) >= 11 is 0. The van der Waals surface area contributed by atoms with Crippen LogP contribution in [0.15, 0.2) is 18.2 Å². The normalized spacial score (nSPS) is 14.8. The highest BCUT2D eigenvalue weighted by Crippen LogP contribution is 2.36. The van der Waals surface area contributed by atoms with Crippen LogP contribution in [-0.2, 0) is 12.7 Å². The molecule has 0 bridgehead atoms. The van der Waals surface area contributed by atoms with Crippen molar-refractivity contribution in [1.82, 2.24) is 9.55 Å². The van der Waals surface area contributed by atoms with Crippen LogP contribution in [0.5, 0.6) is 0 Å². The number of carboxylic acid groups (broad SMARTS) is 1. The number of benzene rings is 1. The van der Waals surface area contributed by atoms with Crippen molar-refractivity contribution in [3.63, 3.8) is 0 Å². The SMILES string of the molecule is Cc1c(C(=O)O)nc(-c2cc(F)cc(C(F)(F)F)c2)n1CCC1CC1. The highest BCUT2D eigenvalue weighted by molar-refractivity contribution is 5.87. The molecule has 8 heteroatoms. The maximum absolute atomic E-state index is 13.7. The van der Waals surface area contributed by atoms with Crippen LogP contribution in [0.4, 0.5) is 17.6 Å². The lowest BCUT2D eigenvalue weighted by Gasteiger charge is -2.12. The summed E-state index contributed by atoms with van der Waals surface area (Å²) in [6.07, 6.45) is -1.74. The van der Waals surface area contributed by atoms with Crippen molar-refractivity contribution in [2.45, 2.75) is 38.9 Å². The highest BCUT2D eigenvalue weighted by Gasteiger charge is 2.32. The lowest BCUT2D eigenvalue weighted by Crippen LogP contribution is -2.08. The number of nitrogens with zero attached hydrogens (tertiary/aromatic N) is 2. The number of carboxylic acids is 1. The molecule has 3 rings (SSSR count). The predicted octanol–water partition coefficient (Wildman–Crippen LogP) is 4.51. The molecule has 1 aromatic carbocycles. The molecule has 0 amide bonds. The Morgan fingerprint density at radius 2 is 2.00 bits per heavy atom. The summed E-state index contributed by atoms with van der Waals surface area (Å²) in [5, 5.41) is 9.25. The largest absolute Gasteiger partial charge is 0.476 e. The zero-order valence-corrected chi connectivity index (χ0v) is 13.4. The van der Waals surface area contributed by atoms with Gasteiger partial charge in [0.1, 0.15) is 11.6 Å². The Hall–Kier alpha value is -2.38. The van der Waals surface area contributed by atoms with Gasteiger partial charge in [0.15, 0.2) is 5.69 Å².